The molecule has 0 aliphatic carbocycles. The quantitative estimate of drug-likeness (QED) is 0.660. The smallest absolute Gasteiger partial charge is 0.387 e. The molecule has 0 saturated heterocycles. The molecule has 0 spiro atoms. The molecule has 0 fully saturated rings. The summed E-state index contributed by atoms with van der Waals surface area (Å²) in [6.45, 7) is -1.37. The normalized spacial score (nSPS) is 11.9. The van der Waals surface area contributed by atoms with E-state index in [2.05, 4.69) is 10.1 Å². The zero-order chi connectivity index (χ0) is 19.6. The summed E-state index contributed by atoms with van der Waals surface area (Å²) in [5.41, 5.74) is 1.99. The molecule has 0 aromatic heterocycles. The number of amides is 1. The standard InChI is InChI=1S/C20H24F2N2O3/c1-24(13-15-7-9-17(10-8-15)27-20(21)22)14-19(25)23-12-11-16-5-3-4-6-18(16)26-2/h3-10,20H,11-14H2,1-2H3,(H,23,25)/p+1. The predicted octanol–water partition coefficient (Wildman–Crippen LogP) is 1.67. The highest BCUT2D eigenvalue weighted by atomic mass is 19.3. The average Bonchev–Trinajstić information content (AvgIpc) is 2.63. The Kier molecular flexibility index (Phi) is 8.00. The Bertz CT molecular complexity index is 723. The van der Waals surface area contributed by atoms with E-state index >= 15 is 0 Å². The van der Waals surface area contributed by atoms with E-state index in [1.807, 2.05) is 31.3 Å². The van der Waals surface area contributed by atoms with Gasteiger partial charge in [0.05, 0.1) is 14.2 Å². The number of likely N-dealkylation sites (N-methyl/N-ethyl adjacent to an activating group) is 1. The van der Waals surface area contributed by atoms with E-state index < -0.39 is 6.61 Å². The van der Waals surface area contributed by atoms with Gasteiger partial charge in [0.25, 0.3) is 5.91 Å². The maximum absolute atomic E-state index is 12.1. The van der Waals surface area contributed by atoms with E-state index in [9.17, 15) is 13.6 Å². The van der Waals surface area contributed by atoms with Crippen molar-refractivity contribution in [3.05, 3.63) is 59.7 Å². The summed E-state index contributed by atoms with van der Waals surface area (Å²) in [7, 11) is 3.53. The van der Waals surface area contributed by atoms with Crippen molar-refractivity contribution in [2.45, 2.75) is 19.6 Å². The Hall–Kier alpha value is -2.67. The number of hydrogen-bond donors (Lipinski definition) is 2. The lowest BCUT2D eigenvalue weighted by atomic mass is 10.1. The molecule has 0 aliphatic heterocycles. The summed E-state index contributed by atoms with van der Waals surface area (Å²) < 4.78 is 33.9. The van der Waals surface area contributed by atoms with Crippen molar-refractivity contribution in [1.29, 1.82) is 0 Å². The number of methoxy groups -OCH3 is 1. The summed E-state index contributed by atoms with van der Waals surface area (Å²) >= 11 is 0. The zero-order valence-electron chi connectivity index (χ0n) is 15.5. The summed E-state index contributed by atoms with van der Waals surface area (Å²) in [4.78, 5) is 13.1. The van der Waals surface area contributed by atoms with Crippen LogP contribution in [0.1, 0.15) is 11.1 Å². The number of carbonyl (C=O) groups is 1. The van der Waals surface area contributed by atoms with E-state index in [1.165, 1.54) is 12.1 Å². The number of hydrogen-bond acceptors (Lipinski definition) is 3. The Morgan fingerprint density at radius 2 is 1.85 bits per heavy atom. The minimum atomic E-state index is -2.83. The van der Waals surface area contributed by atoms with E-state index in [0.717, 1.165) is 21.8 Å². The van der Waals surface area contributed by atoms with Crippen LogP contribution in [0.2, 0.25) is 0 Å². The number of alkyl halides is 2. The summed E-state index contributed by atoms with van der Waals surface area (Å²) in [5, 5.41) is 2.91. The third kappa shape index (κ3) is 7.22. The first-order chi connectivity index (χ1) is 13.0. The maximum Gasteiger partial charge on any atom is 0.387 e. The van der Waals surface area contributed by atoms with Crippen LogP contribution in [0.3, 0.4) is 0 Å². The molecular formula is C20H25F2N2O3+. The van der Waals surface area contributed by atoms with Gasteiger partial charge in [0, 0.05) is 12.1 Å². The molecule has 2 N–H and O–H groups in total. The van der Waals surface area contributed by atoms with Crippen molar-refractivity contribution in [2.24, 2.45) is 0 Å². The number of rotatable bonds is 10. The van der Waals surface area contributed by atoms with Gasteiger partial charge in [-0.2, -0.15) is 8.78 Å². The molecule has 0 bridgehead atoms. The monoisotopic (exact) mass is 379 g/mol. The Morgan fingerprint density at radius 1 is 1.15 bits per heavy atom. The highest BCUT2D eigenvalue weighted by Crippen LogP contribution is 2.17. The van der Waals surface area contributed by atoms with Gasteiger partial charge in [0.15, 0.2) is 6.54 Å². The van der Waals surface area contributed by atoms with Crippen molar-refractivity contribution >= 4 is 5.91 Å². The Labute approximate surface area is 157 Å². The summed E-state index contributed by atoms with van der Waals surface area (Å²) in [6.07, 6.45) is 0.695. The second-order valence-electron chi connectivity index (χ2n) is 6.24. The largest absolute Gasteiger partial charge is 0.496 e. The number of nitrogens with one attached hydrogen (secondary N) is 2. The van der Waals surface area contributed by atoms with Gasteiger partial charge >= 0.3 is 6.61 Å². The van der Waals surface area contributed by atoms with Crippen LogP contribution in [0.25, 0.3) is 0 Å². The lowest BCUT2D eigenvalue weighted by Crippen LogP contribution is -3.08. The molecule has 1 amide bonds. The van der Waals surface area contributed by atoms with Crippen LogP contribution in [0.4, 0.5) is 8.78 Å². The molecule has 2 aromatic carbocycles. The van der Waals surface area contributed by atoms with E-state index in [4.69, 9.17) is 4.74 Å². The van der Waals surface area contributed by atoms with Crippen LogP contribution in [-0.2, 0) is 17.8 Å². The summed E-state index contributed by atoms with van der Waals surface area (Å²) in [5.74, 6) is 0.897. The van der Waals surface area contributed by atoms with Gasteiger partial charge in [-0.1, -0.05) is 18.2 Å². The molecule has 0 radical (unpaired) electrons. The molecule has 146 valence electrons. The first-order valence-electron chi connectivity index (χ1n) is 8.71. The minimum Gasteiger partial charge on any atom is -0.496 e. The fourth-order valence-corrected chi connectivity index (χ4v) is 2.78. The Morgan fingerprint density at radius 3 is 2.52 bits per heavy atom. The van der Waals surface area contributed by atoms with Crippen LogP contribution in [0, 0.1) is 0 Å². The van der Waals surface area contributed by atoms with Crippen molar-refractivity contribution < 1.29 is 27.9 Å². The fourth-order valence-electron chi connectivity index (χ4n) is 2.78. The molecule has 5 nitrogen and oxygen atoms in total. The molecule has 2 aromatic rings. The molecule has 0 aliphatic rings. The topological polar surface area (TPSA) is 52.0 Å². The minimum absolute atomic E-state index is 0.0416. The van der Waals surface area contributed by atoms with Crippen molar-refractivity contribution in [3.63, 3.8) is 0 Å². The van der Waals surface area contributed by atoms with Gasteiger partial charge in [0.1, 0.15) is 18.0 Å². The van der Waals surface area contributed by atoms with E-state index in [0.29, 0.717) is 26.1 Å². The molecule has 1 unspecified atom stereocenters. The number of carbonyl (C=O) groups excluding carboxylic acids is 1. The van der Waals surface area contributed by atoms with Crippen LogP contribution in [0.15, 0.2) is 48.5 Å². The Balaban J connectivity index is 1.73. The summed E-state index contributed by atoms with van der Waals surface area (Å²) in [6, 6.07) is 14.2. The van der Waals surface area contributed by atoms with Gasteiger partial charge in [-0.3, -0.25) is 4.79 Å². The number of quaternary nitrogens is 1. The van der Waals surface area contributed by atoms with Gasteiger partial charge < -0.3 is 19.7 Å². The van der Waals surface area contributed by atoms with Crippen molar-refractivity contribution in [2.75, 3.05) is 27.2 Å². The van der Waals surface area contributed by atoms with Gasteiger partial charge in [-0.05, 0) is 42.3 Å². The third-order valence-corrected chi connectivity index (χ3v) is 4.03. The number of halogens is 2. The van der Waals surface area contributed by atoms with E-state index in [-0.39, 0.29) is 11.7 Å². The third-order valence-electron chi connectivity index (χ3n) is 4.03. The molecule has 27 heavy (non-hydrogen) atoms. The van der Waals surface area contributed by atoms with Gasteiger partial charge in [0.2, 0.25) is 0 Å². The average molecular weight is 379 g/mol. The number of para-hydroxylation sites is 1. The van der Waals surface area contributed by atoms with Crippen molar-refractivity contribution in [3.8, 4) is 11.5 Å². The van der Waals surface area contributed by atoms with Crippen LogP contribution >= 0.6 is 0 Å². The predicted molar refractivity (Wildman–Crippen MR) is 98.2 cm³/mol. The van der Waals surface area contributed by atoms with Crippen LogP contribution in [0.5, 0.6) is 11.5 Å². The van der Waals surface area contributed by atoms with Crippen LogP contribution < -0.4 is 19.7 Å². The maximum atomic E-state index is 12.1. The van der Waals surface area contributed by atoms with Crippen LogP contribution in [-0.4, -0.2) is 39.8 Å². The zero-order valence-corrected chi connectivity index (χ0v) is 15.5. The number of ether oxygens (including phenoxy) is 2. The second kappa shape index (κ2) is 10.5. The molecule has 7 heteroatoms. The van der Waals surface area contributed by atoms with Gasteiger partial charge in [-0.25, -0.2) is 0 Å². The van der Waals surface area contributed by atoms with E-state index in [1.54, 1.807) is 19.2 Å². The lowest BCUT2D eigenvalue weighted by Gasteiger charge is -2.14. The molecule has 2 rings (SSSR count). The molecular weight excluding hydrogens is 354 g/mol. The highest BCUT2D eigenvalue weighted by Gasteiger charge is 2.11. The van der Waals surface area contributed by atoms with Gasteiger partial charge in [-0.15, -0.1) is 0 Å². The first kappa shape index (κ1) is 20.6. The van der Waals surface area contributed by atoms with Crippen molar-refractivity contribution in [1.82, 2.24) is 5.32 Å². The molecule has 0 heterocycles. The second-order valence-corrected chi connectivity index (χ2v) is 6.24. The fraction of sp³-hybridized carbons (Fsp3) is 0.350. The SMILES string of the molecule is COc1ccccc1CCNC(=O)C[NH+](C)Cc1ccc(OC(F)F)cc1. The first-order valence-corrected chi connectivity index (χ1v) is 8.71. The molecule has 0 saturated carbocycles. The highest BCUT2D eigenvalue weighted by molar-refractivity contribution is 5.76. The lowest BCUT2D eigenvalue weighted by molar-refractivity contribution is -0.885. The molecule has 1 atom stereocenters. The number of benzene rings is 2.